The summed E-state index contributed by atoms with van der Waals surface area (Å²) in [6, 6.07) is -1.80. The van der Waals surface area contributed by atoms with E-state index < -0.39 is 24.0 Å². The van der Waals surface area contributed by atoms with Gasteiger partial charge in [-0.1, -0.05) is 86.8 Å². The van der Waals surface area contributed by atoms with Crippen molar-refractivity contribution in [2.45, 2.75) is 103 Å². The Morgan fingerprint density at radius 3 is 1.59 bits per heavy atom. The van der Waals surface area contributed by atoms with Crippen LogP contribution in [0.2, 0.25) is 0 Å². The summed E-state index contributed by atoms with van der Waals surface area (Å²) in [7, 11) is 5.09. The summed E-state index contributed by atoms with van der Waals surface area (Å²) >= 11 is 0. The standard InChI is InChI=1S/C24H44N2O6S2/c1-5-7-9-11-13-15-21(27)26(22(28)16-14-12-10-8-6-2)20(24(30)32-4)18-34-33-17-19(25)23(29)31-3/h19-20H,5-18,25H2,1-4H3. The zero-order chi connectivity index (χ0) is 25.8. The molecular formula is C24H44N2O6S2. The quantitative estimate of drug-likeness (QED) is 0.141. The molecule has 0 radical (unpaired) electrons. The van der Waals surface area contributed by atoms with Crippen molar-refractivity contribution in [1.82, 2.24) is 4.90 Å². The van der Waals surface area contributed by atoms with Crippen LogP contribution >= 0.6 is 21.6 Å². The zero-order valence-corrected chi connectivity index (χ0v) is 23.0. The van der Waals surface area contributed by atoms with E-state index in [1.54, 1.807) is 0 Å². The lowest BCUT2D eigenvalue weighted by Gasteiger charge is -2.28. The van der Waals surface area contributed by atoms with Gasteiger partial charge in [0.1, 0.15) is 12.1 Å². The van der Waals surface area contributed by atoms with Crippen molar-refractivity contribution in [3.8, 4) is 0 Å². The van der Waals surface area contributed by atoms with Crippen LogP contribution in [0.15, 0.2) is 0 Å². The third-order valence-corrected chi connectivity index (χ3v) is 7.80. The third kappa shape index (κ3) is 14.2. The van der Waals surface area contributed by atoms with Crippen molar-refractivity contribution < 1.29 is 28.7 Å². The second kappa shape index (κ2) is 21.1. The van der Waals surface area contributed by atoms with Crippen molar-refractivity contribution in [2.24, 2.45) is 5.73 Å². The van der Waals surface area contributed by atoms with Crippen LogP contribution in [0.5, 0.6) is 0 Å². The van der Waals surface area contributed by atoms with Gasteiger partial charge in [-0.25, -0.2) is 4.79 Å². The highest BCUT2D eigenvalue weighted by atomic mass is 33.1. The Bertz CT molecular complexity index is 580. The number of amides is 2. The number of unbranched alkanes of at least 4 members (excludes halogenated alkanes) is 8. The fraction of sp³-hybridized carbons (Fsp3) is 0.833. The summed E-state index contributed by atoms with van der Waals surface area (Å²) in [5.41, 5.74) is 5.75. The number of esters is 2. The average Bonchev–Trinajstić information content (AvgIpc) is 2.84. The third-order valence-electron chi connectivity index (χ3n) is 5.37. The predicted octanol–water partition coefficient (Wildman–Crippen LogP) is 4.49. The number of hydrogen-bond donors (Lipinski definition) is 1. The Labute approximate surface area is 213 Å². The maximum atomic E-state index is 13.1. The Kier molecular flexibility index (Phi) is 20.3. The van der Waals surface area contributed by atoms with Crippen molar-refractivity contribution in [3.05, 3.63) is 0 Å². The molecular weight excluding hydrogens is 476 g/mol. The molecule has 0 fully saturated rings. The second-order valence-electron chi connectivity index (χ2n) is 8.22. The number of nitrogens with zero attached hydrogens (tertiary/aromatic N) is 1. The average molecular weight is 521 g/mol. The fourth-order valence-electron chi connectivity index (χ4n) is 3.32. The van der Waals surface area contributed by atoms with Crippen molar-refractivity contribution in [2.75, 3.05) is 25.7 Å². The Morgan fingerprint density at radius 2 is 1.15 bits per heavy atom. The highest BCUT2D eigenvalue weighted by Gasteiger charge is 2.35. The number of carbonyl (C=O) groups excluding carboxylic acids is 4. The van der Waals surface area contributed by atoms with Gasteiger partial charge in [-0.05, 0) is 12.8 Å². The molecule has 2 unspecified atom stereocenters. The Hall–Kier alpha value is -1.26. The van der Waals surface area contributed by atoms with Gasteiger partial charge >= 0.3 is 11.9 Å². The van der Waals surface area contributed by atoms with E-state index in [0.29, 0.717) is 12.8 Å². The monoisotopic (exact) mass is 520 g/mol. The van der Waals surface area contributed by atoms with Crippen LogP contribution in [0.3, 0.4) is 0 Å². The molecule has 34 heavy (non-hydrogen) atoms. The first kappa shape index (κ1) is 32.7. The van der Waals surface area contributed by atoms with Crippen molar-refractivity contribution >= 4 is 45.3 Å². The lowest BCUT2D eigenvalue weighted by molar-refractivity contribution is -0.158. The van der Waals surface area contributed by atoms with Gasteiger partial charge in [0.15, 0.2) is 0 Å². The van der Waals surface area contributed by atoms with E-state index >= 15 is 0 Å². The largest absolute Gasteiger partial charge is 0.468 e. The number of ether oxygens (including phenoxy) is 2. The van der Waals surface area contributed by atoms with Gasteiger partial charge in [-0.15, -0.1) is 0 Å². The molecule has 0 saturated heterocycles. The van der Waals surface area contributed by atoms with Gasteiger partial charge in [0.2, 0.25) is 11.8 Å². The molecule has 2 N–H and O–H groups in total. The summed E-state index contributed by atoms with van der Waals surface area (Å²) in [4.78, 5) is 51.3. The number of carbonyl (C=O) groups is 4. The lowest BCUT2D eigenvalue weighted by Crippen LogP contribution is -2.50. The van der Waals surface area contributed by atoms with E-state index in [2.05, 4.69) is 18.6 Å². The lowest BCUT2D eigenvalue weighted by atomic mass is 10.1. The molecule has 198 valence electrons. The maximum Gasteiger partial charge on any atom is 0.329 e. The second-order valence-corrected chi connectivity index (χ2v) is 10.8. The van der Waals surface area contributed by atoms with Crippen molar-refractivity contribution in [3.63, 3.8) is 0 Å². The molecule has 0 bridgehead atoms. The first-order valence-corrected chi connectivity index (χ1v) is 14.8. The number of hydrogen-bond acceptors (Lipinski definition) is 9. The first-order valence-electron chi connectivity index (χ1n) is 12.3. The topological polar surface area (TPSA) is 116 Å². The summed E-state index contributed by atoms with van der Waals surface area (Å²) in [6.45, 7) is 4.25. The minimum atomic E-state index is -1.01. The van der Waals surface area contributed by atoms with Gasteiger partial charge in [0.05, 0.1) is 14.2 Å². The summed E-state index contributed by atoms with van der Waals surface area (Å²) in [5.74, 6) is -1.36. The molecule has 0 aromatic rings. The molecule has 2 atom stereocenters. The van der Waals surface area contributed by atoms with Gasteiger partial charge in [0.25, 0.3) is 0 Å². The molecule has 0 aliphatic heterocycles. The molecule has 0 aliphatic carbocycles. The highest BCUT2D eigenvalue weighted by molar-refractivity contribution is 8.76. The molecule has 0 saturated carbocycles. The normalized spacial score (nSPS) is 12.6. The van der Waals surface area contributed by atoms with E-state index in [9.17, 15) is 19.2 Å². The minimum absolute atomic E-state index is 0.161. The molecule has 0 heterocycles. The Balaban J connectivity index is 5.21. The summed E-state index contributed by atoms with van der Waals surface area (Å²) in [5, 5.41) is 0. The number of imide groups is 1. The molecule has 0 rings (SSSR count). The summed E-state index contributed by atoms with van der Waals surface area (Å²) < 4.78 is 9.55. The van der Waals surface area contributed by atoms with Crippen LogP contribution in [0, 0.1) is 0 Å². The van der Waals surface area contributed by atoms with Gasteiger partial charge < -0.3 is 15.2 Å². The molecule has 0 spiro atoms. The first-order chi connectivity index (χ1) is 16.3. The van der Waals surface area contributed by atoms with Gasteiger partial charge in [0, 0.05) is 24.3 Å². The van der Waals surface area contributed by atoms with Crippen LogP contribution in [-0.2, 0) is 28.7 Å². The SMILES string of the molecule is CCCCCCCC(=O)N(C(=O)CCCCCCC)C(CSSCC(N)C(=O)OC)C(=O)OC. The van der Waals surface area contributed by atoms with Crippen LogP contribution < -0.4 is 5.73 Å². The fourth-order valence-corrected chi connectivity index (χ4v) is 5.62. The van der Waals surface area contributed by atoms with E-state index in [0.717, 1.165) is 56.3 Å². The van der Waals surface area contributed by atoms with Crippen LogP contribution in [0.25, 0.3) is 0 Å². The molecule has 10 heteroatoms. The molecule has 2 amide bonds. The number of methoxy groups -OCH3 is 2. The van der Waals surface area contributed by atoms with E-state index in [4.69, 9.17) is 10.5 Å². The molecule has 0 aromatic heterocycles. The highest BCUT2D eigenvalue weighted by Crippen LogP contribution is 2.26. The van der Waals surface area contributed by atoms with E-state index in [1.165, 1.54) is 35.8 Å². The van der Waals surface area contributed by atoms with Gasteiger partial charge in [-0.2, -0.15) is 0 Å². The van der Waals surface area contributed by atoms with Crippen LogP contribution in [0.1, 0.15) is 90.9 Å². The van der Waals surface area contributed by atoms with E-state index in [-0.39, 0.29) is 36.2 Å². The van der Waals surface area contributed by atoms with Crippen molar-refractivity contribution in [1.29, 1.82) is 0 Å². The predicted molar refractivity (Wildman–Crippen MR) is 139 cm³/mol. The number of nitrogens with two attached hydrogens (primary N) is 1. The van der Waals surface area contributed by atoms with Crippen LogP contribution in [0.4, 0.5) is 0 Å². The Morgan fingerprint density at radius 1 is 0.706 bits per heavy atom. The molecule has 0 aliphatic rings. The van der Waals surface area contributed by atoms with Gasteiger partial charge in [-0.3, -0.25) is 19.3 Å². The molecule has 0 aromatic carbocycles. The maximum absolute atomic E-state index is 13.1. The van der Waals surface area contributed by atoms with E-state index in [1.807, 2.05) is 0 Å². The van der Waals surface area contributed by atoms with Crippen LogP contribution in [-0.4, -0.2) is 66.5 Å². The minimum Gasteiger partial charge on any atom is -0.468 e. The molecule has 8 nitrogen and oxygen atoms in total. The number of rotatable bonds is 20. The summed E-state index contributed by atoms with van der Waals surface area (Å²) in [6.07, 6.45) is 10.2. The smallest absolute Gasteiger partial charge is 0.329 e. The zero-order valence-electron chi connectivity index (χ0n) is 21.3.